The van der Waals surface area contributed by atoms with Gasteiger partial charge in [0.2, 0.25) is 0 Å². The maximum atomic E-state index is 9.12. The van der Waals surface area contributed by atoms with E-state index in [4.69, 9.17) is 20.1 Å². The van der Waals surface area contributed by atoms with E-state index in [1.165, 1.54) is 0 Å². The highest BCUT2D eigenvalue weighted by Crippen LogP contribution is 2.19. The molecule has 0 saturated carbocycles. The predicted molar refractivity (Wildman–Crippen MR) is 65.2 cm³/mol. The van der Waals surface area contributed by atoms with Crippen molar-refractivity contribution >= 4 is 20.3 Å². The van der Waals surface area contributed by atoms with Crippen LogP contribution in [0.2, 0.25) is 0 Å². The Balaban J connectivity index is 0.000000673. The van der Waals surface area contributed by atoms with Crippen LogP contribution in [0.3, 0.4) is 0 Å². The zero-order chi connectivity index (χ0) is 12.8. The summed E-state index contributed by atoms with van der Waals surface area (Å²) in [5.41, 5.74) is 1.51. The van der Waals surface area contributed by atoms with Gasteiger partial charge in [-0.05, 0) is 16.4 Å². The van der Waals surface area contributed by atoms with Crippen LogP contribution in [0.15, 0.2) is 24.3 Å². The highest BCUT2D eigenvalue weighted by molar-refractivity contribution is 6.59. The Hall–Kier alpha value is -0.810. The minimum Gasteiger partial charge on any atom is -0.429 e. The lowest BCUT2D eigenvalue weighted by Gasteiger charge is -2.22. The van der Waals surface area contributed by atoms with E-state index in [-0.39, 0.29) is 13.1 Å². The summed E-state index contributed by atoms with van der Waals surface area (Å²) in [6.45, 7) is 6.15. The van der Waals surface area contributed by atoms with Gasteiger partial charge in [0, 0.05) is 0 Å². The fourth-order valence-corrected chi connectivity index (χ4v) is 1.41. The van der Waals surface area contributed by atoms with E-state index in [1.54, 1.807) is 6.07 Å². The molecule has 1 aromatic rings. The molecule has 0 fully saturated rings. The van der Waals surface area contributed by atoms with Crippen molar-refractivity contribution in [3.05, 3.63) is 29.8 Å². The van der Waals surface area contributed by atoms with Crippen LogP contribution in [0.1, 0.15) is 26.3 Å². The van der Waals surface area contributed by atoms with Crippen LogP contribution in [0.5, 0.6) is 0 Å². The van der Waals surface area contributed by atoms with E-state index >= 15 is 0 Å². The number of hydrogen-bond donors (Lipinski definition) is 4. The van der Waals surface area contributed by atoms with E-state index in [0.29, 0.717) is 5.46 Å². The fourth-order valence-electron chi connectivity index (χ4n) is 1.41. The summed E-state index contributed by atoms with van der Waals surface area (Å²) in [7, 11) is -1.38. The monoisotopic (exact) mass is 223 g/mol. The van der Waals surface area contributed by atoms with Crippen molar-refractivity contribution in [2.24, 2.45) is 0 Å². The van der Waals surface area contributed by atoms with Crippen LogP contribution >= 0.6 is 0 Å². The zero-order valence-electron chi connectivity index (χ0n) is 9.75. The van der Waals surface area contributed by atoms with E-state index < -0.39 is 7.12 Å². The van der Waals surface area contributed by atoms with E-state index in [0.717, 1.165) is 5.56 Å². The Kier molecular flexibility index (Phi) is 6.36. The third-order valence-corrected chi connectivity index (χ3v) is 2.05. The normalized spacial score (nSPS) is 10.2. The molecule has 4 N–H and O–H groups in total. The van der Waals surface area contributed by atoms with Gasteiger partial charge in [0.25, 0.3) is 0 Å². The molecule has 1 radical (unpaired) electrons. The van der Waals surface area contributed by atoms with Crippen molar-refractivity contribution < 1.29 is 20.1 Å². The van der Waals surface area contributed by atoms with Gasteiger partial charge in [-0.1, -0.05) is 45.0 Å². The molecule has 0 aliphatic carbocycles. The van der Waals surface area contributed by atoms with Crippen LogP contribution in [0.4, 0.5) is 0 Å². The molecule has 1 aromatic carbocycles. The largest absolute Gasteiger partial charge is 0.488 e. The topological polar surface area (TPSA) is 80.9 Å². The summed E-state index contributed by atoms with van der Waals surface area (Å²) >= 11 is 0. The minimum absolute atomic E-state index is 0. The van der Waals surface area contributed by atoms with Crippen LogP contribution in [-0.2, 0) is 5.41 Å². The molecule has 4 nitrogen and oxygen atoms in total. The predicted octanol–water partition coefficient (Wildman–Crippen LogP) is -0.831. The Morgan fingerprint density at radius 2 is 1.50 bits per heavy atom. The van der Waals surface area contributed by atoms with Crippen LogP contribution < -0.4 is 5.46 Å². The number of hydrogen-bond acceptors (Lipinski definition) is 4. The molecule has 0 aliphatic heterocycles. The Morgan fingerprint density at radius 3 is 1.81 bits per heavy atom. The summed E-state index contributed by atoms with van der Waals surface area (Å²) in [5.74, 6) is 0. The van der Waals surface area contributed by atoms with Crippen molar-refractivity contribution in [2.45, 2.75) is 26.2 Å². The fraction of sp³-hybridized carbons (Fsp3) is 0.400. The third kappa shape index (κ3) is 4.81. The van der Waals surface area contributed by atoms with Crippen LogP contribution in [-0.4, -0.2) is 34.9 Å². The standard InChI is InChI=1S/C10H15BO2.BH2O2/c1-10(2,3)8-6-4-5-7-9(8)11(12)13;2-1-3/h4-7,12-13H,1-3H3;2-3H. The molecule has 87 valence electrons. The summed E-state index contributed by atoms with van der Waals surface area (Å²) in [6, 6.07) is 7.39. The van der Waals surface area contributed by atoms with Crippen molar-refractivity contribution in [2.75, 3.05) is 0 Å². The molecule has 0 atom stereocenters. The van der Waals surface area contributed by atoms with Crippen molar-refractivity contribution in [1.29, 1.82) is 0 Å². The Morgan fingerprint density at radius 1 is 1.06 bits per heavy atom. The lowest BCUT2D eigenvalue weighted by atomic mass is 9.70. The molecule has 0 unspecified atom stereocenters. The highest BCUT2D eigenvalue weighted by atomic mass is 16.4. The van der Waals surface area contributed by atoms with E-state index in [9.17, 15) is 0 Å². The van der Waals surface area contributed by atoms with Crippen molar-refractivity contribution in [1.82, 2.24) is 0 Å². The Labute approximate surface area is 97.0 Å². The molecule has 6 heteroatoms. The van der Waals surface area contributed by atoms with Crippen LogP contribution in [0, 0.1) is 0 Å². The molecule has 0 aromatic heterocycles. The molecule has 16 heavy (non-hydrogen) atoms. The molecule has 0 aliphatic rings. The number of benzene rings is 1. The van der Waals surface area contributed by atoms with Crippen molar-refractivity contribution in [3.8, 4) is 0 Å². The first kappa shape index (κ1) is 15.2. The number of rotatable bonds is 1. The van der Waals surface area contributed by atoms with E-state index in [2.05, 4.69) is 0 Å². The lowest BCUT2D eigenvalue weighted by Crippen LogP contribution is -2.36. The molecular formula is C10H17B2O4. The van der Waals surface area contributed by atoms with Gasteiger partial charge in [-0.25, -0.2) is 0 Å². The average Bonchev–Trinajstić information content (AvgIpc) is 2.17. The second-order valence-electron chi connectivity index (χ2n) is 4.33. The highest BCUT2D eigenvalue weighted by Gasteiger charge is 2.22. The third-order valence-electron chi connectivity index (χ3n) is 2.05. The SMILES string of the molecule is CC(C)(C)c1ccccc1B(O)O.O[B]O. The molecule has 1 rings (SSSR count). The summed E-state index contributed by atoms with van der Waals surface area (Å²) in [5, 5.41) is 32.2. The van der Waals surface area contributed by atoms with Crippen molar-refractivity contribution in [3.63, 3.8) is 0 Å². The first-order valence-electron chi connectivity index (χ1n) is 4.90. The zero-order valence-corrected chi connectivity index (χ0v) is 9.75. The smallest absolute Gasteiger partial charge is 0.429 e. The maximum Gasteiger partial charge on any atom is 0.488 e. The molecule has 0 saturated heterocycles. The average molecular weight is 223 g/mol. The second-order valence-corrected chi connectivity index (χ2v) is 4.33. The maximum absolute atomic E-state index is 9.12. The summed E-state index contributed by atoms with van der Waals surface area (Å²) in [4.78, 5) is 0. The molecule has 0 bridgehead atoms. The molecular weight excluding hydrogens is 206 g/mol. The van der Waals surface area contributed by atoms with Gasteiger partial charge >= 0.3 is 14.8 Å². The van der Waals surface area contributed by atoms with Gasteiger partial charge in [0.1, 0.15) is 0 Å². The van der Waals surface area contributed by atoms with Gasteiger partial charge < -0.3 is 20.1 Å². The summed E-state index contributed by atoms with van der Waals surface area (Å²) in [6.07, 6.45) is 0. The van der Waals surface area contributed by atoms with Gasteiger partial charge in [-0.3, -0.25) is 0 Å². The van der Waals surface area contributed by atoms with E-state index in [1.807, 2.05) is 39.0 Å². The molecule has 0 amide bonds. The summed E-state index contributed by atoms with van der Waals surface area (Å²) < 4.78 is 0. The second kappa shape index (κ2) is 6.70. The van der Waals surface area contributed by atoms with Gasteiger partial charge in [-0.15, -0.1) is 0 Å². The first-order valence-corrected chi connectivity index (χ1v) is 4.90. The van der Waals surface area contributed by atoms with Gasteiger partial charge in [0.15, 0.2) is 0 Å². The molecule has 0 spiro atoms. The Bertz CT molecular complexity index is 310. The molecule has 0 heterocycles. The lowest BCUT2D eigenvalue weighted by molar-refractivity contribution is 0.424. The quantitative estimate of drug-likeness (QED) is 0.468. The minimum atomic E-state index is -1.38. The van der Waals surface area contributed by atoms with Crippen LogP contribution in [0.25, 0.3) is 0 Å². The first-order chi connectivity index (χ1) is 7.34. The van der Waals surface area contributed by atoms with Gasteiger partial charge in [-0.2, -0.15) is 0 Å². The van der Waals surface area contributed by atoms with Gasteiger partial charge in [0.05, 0.1) is 0 Å².